The second-order valence-corrected chi connectivity index (χ2v) is 6.03. The van der Waals surface area contributed by atoms with Crippen LogP contribution in [0, 0.1) is 0 Å². The number of rotatable bonds is 3. The van der Waals surface area contributed by atoms with Crippen LogP contribution in [0.25, 0.3) is 0 Å². The molecule has 1 aliphatic rings. The van der Waals surface area contributed by atoms with Crippen LogP contribution in [0.4, 0.5) is 0 Å². The molecule has 0 aliphatic carbocycles. The molecule has 0 bridgehead atoms. The van der Waals surface area contributed by atoms with Crippen LogP contribution in [0.3, 0.4) is 0 Å². The van der Waals surface area contributed by atoms with Crippen molar-refractivity contribution in [1.82, 2.24) is 4.90 Å². The van der Waals surface area contributed by atoms with E-state index in [2.05, 4.69) is 0 Å². The molecule has 0 aromatic rings. The third kappa shape index (κ3) is 3.63. The molecule has 0 unspecified atom stereocenters. The molecule has 0 spiro atoms. The van der Waals surface area contributed by atoms with Crippen LogP contribution in [0.2, 0.25) is 0 Å². The van der Waals surface area contributed by atoms with Crippen LogP contribution in [-0.2, 0) is 14.6 Å². The lowest BCUT2D eigenvalue weighted by atomic mass is 10.3. The van der Waals surface area contributed by atoms with Crippen molar-refractivity contribution in [3.05, 3.63) is 0 Å². The summed E-state index contributed by atoms with van der Waals surface area (Å²) >= 11 is 0. The molecular formula is C8H16N2O3S. The minimum atomic E-state index is -3.04. The molecule has 1 aliphatic heterocycles. The van der Waals surface area contributed by atoms with Crippen LogP contribution in [0.1, 0.15) is 12.8 Å². The predicted molar refractivity (Wildman–Crippen MR) is 53.5 cm³/mol. The van der Waals surface area contributed by atoms with Crippen molar-refractivity contribution in [2.45, 2.75) is 18.9 Å². The molecule has 5 nitrogen and oxygen atoms in total. The monoisotopic (exact) mass is 220 g/mol. The summed E-state index contributed by atoms with van der Waals surface area (Å²) in [6.45, 7) is 1.21. The summed E-state index contributed by atoms with van der Waals surface area (Å²) < 4.78 is 21.6. The number of likely N-dealkylation sites (tertiary alicyclic amines) is 1. The van der Waals surface area contributed by atoms with Gasteiger partial charge in [-0.3, -0.25) is 4.79 Å². The van der Waals surface area contributed by atoms with E-state index in [0.29, 0.717) is 13.1 Å². The normalized spacial score (nSPS) is 22.7. The third-order valence-corrected chi connectivity index (χ3v) is 3.21. The summed E-state index contributed by atoms with van der Waals surface area (Å²) in [6, 6.07) is 0.0529. The van der Waals surface area contributed by atoms with Crippen molar-refractivity contribution in [1.29, 1.82) is 0 Å². The molecule has 82 valence electrons. The largest absolute Gasteiger partial charge is 0.341 e. The van der Waals surface area contributed by atoms with E-state index in [9.17, 15) is 13.2 Å². The molecule has 1 rings (SSSR count). The maximum atomic E-state index is 11.4. The molecule has 1 amide bonds. The molecule has 14 heavy (non-hydrogen) atoms. The Kier molecular flexibility index (Phi) is 3.49. The Bertz CT molecular complexity index is 313. The van der Waals surface area contributed by atoms with Gasteiger partial charge in [0.05, 0.1) is 5.75 Å². The lowest BCUT2D eigenvalue weighted by molar-refractivity contribution is -0.129. The smallest absolute Gasteiger partial charge is 0.223 e. The minimum absolute atomic E-state index is 0.0529. The molecule has 1 heterocycles. The Balaban J connectivity index is 2.36. The van der Waals surface area contributed by atoms with Gasteiger partial charge in [0.25, 0.3) is 0 Å². The fourth-order valence-corrected chi connectivity index (χ4v) is 1.99. The Hall–Kier alpha value is -0.620. The molecule has 1 atom stereocenters. The maximum Gasteiger partial charge on any atom is 0.223 e. The molecule has 0 saturated carbocycles. The molecule has 6 heteroatoms. The molecule has 2 N–H and O–H groups in total. The van der Waals surface area contributed by atoms with Gasteiger partial charge in [-0.1, -0.05) is 0 Å². The van der Waals surface area contributed by atoms with E-state index in [1.165, 1.54) is 0 Å². The molecule has 0 radical (unpaired) electrons. The quantitative estimate of drug-likeness (QED) is 0.660. The van der Waals surface area contributed by atoms with Crippen LogP contribution in [0.15, 0.2) is 0 Å². The van der Waals surface area contributed by atoms with Crippen molar-refractivity contribution in [2.24, 2.45) is 5.73 Å². The zero-order valence-electron chi connectivity index (χ0n) is 8.27. The van der Waals surface area contributed by atoms with Gasteiger partial charge >= 0.3 is 0 Å². The van der Waals surface area contributed by atoms with Gasteiger partial charge in [0.2, 0.25) is 5.91 Å². The van der Waals surface area contributed by atoms with Crippen molar-refractivity contribution in [3.8, 4) is 0 Å². The van der Waals surface area contributed by atoms with Crippen LogP contribution >= 0.6 is 0 Å². The Morgan fingerprint density at radius 2 is 2.21 bits per heavy atom. The molecule has 1 saturated heterocycles. The Morgan fingerprint density at radius 1 is 1.57 bits per heavy atom. The van der Waals surface area contributed by atoms with Crippen molar-refractivity contribution < 1.29 is 13.2 Å². The number of carbonyl (C=O) groups is 1. The lowest BCUT2D eigenvalue weighted by Gasteiger charge is -2.14. The van der Waals surface area contributed by atoms with E-state index < -0.39 is 9.84 Å². The SMILES string of the molecule is CS(=O)(=O)CCC(=O)N1CC[C@H](N)C1. The van der Waals surface area contributed by atoms with E-state index >= 15 is 0 Å². The highest BCUT2D eigenvalue weighted by Gasteiger charge is 2.23. The first-order valence-electron chi connectivity index (χ1n) is 4.59. The number of nitrogens with two attached hydrogens (primary N) is 1. The number of amides is 1. The fraction of sp³-hybridized carbons (Fsp3) is 0.875. The summed E-state index contributed by atoms with van der Waals surface area (Å²) in [7, 11) is -3.04. The number of sulfone groups is 1. The van der Waals surface area contributed by atoms with Crippen LogP contribution in [-0.4, -0.2) is 50.4 Å². The Morgan fingerprint density at radius 3 is 2.64 bits per heavy atom. The van der Waals surface area contributed by atoms with Gasteiger partial charge in [-0.05, 0) is 6.42 Å². The third-order valence-electron chi connectivity index (χ3n) is 2.26. The summed E-state index contributed by atoms with van der Waals surface area (Å²) in [5.41, 5.74) is 5.63. The van der Waals surface area contributed by atoms with Crippen LogP contribution in [0.5, 0.6) is 0 Å². The maximum absolute atomic E-state index is 11.4. The zero-order valence-corrected chi connectivity index (χ0v) is 9.09. The van der Waals surface area contributed by atoms with E-state index in [0.717, 1.165) is 12.7 Å². The van der Waals surface area contributed by atoms with E-state index in [1.54, 1.807) is 4.90 Å². The highest BCUT2D eigenvalue weighted by Crippen LogP contribution is 2.08. The van der Waals surface area contributed by atoms with Gasteiger partial charge in [-0.15, -0.1) is 0 Å². The fourth-order valence-electron chi connectivity index (χ4n) is 1.44. The van der Waals surface area contributed by atoms with Gasteiger partial charge in [0.15, 0.2) is 0 Å². The van der Waals surface area contributed by atoms with Gasteiger partial charge in [-0.25, -0.2) is 8.42 Å². The van der Waals surface area contributed by atoms with E-state index in [1.807, 2.05) is 0 Å². The van der Waals surface area contributed by atoms with E-state index in [-0.39, 0.29) is 24.1 Å². The lowest BCUT2D eigenvalue weighted by Crippen LogP contribution is -2.32. The van der Waals surface area contributed by atoms with Crippen molar-refractivity contribution in [3.63, 3.8) is 0 Å². The molecule has 0 aromatic carbocycles. The first-order chi connectivity index (χ1) is 6.38. The summed E-state index contributed by atoms with van der Waals surface area (Å²) in [6.07, 6.45) is 2.02. The standard InChI is InChI=1S/C8H16N2O3S/c1-14(12,13)5-3-8(11)10-4-2-7(9)6-10/h7H,2-6,9H2,1H3/t7-/m0/s1. The second kappa shape index (κ2) is 4.27. The van der Waals surface area contributed by atoms with Crippen molar-refractivity contribution >= 4 is 15.7 Å². The average molecular weight is 220 g/mol. The first kappa shape index (κ1) is 11.5. The highest BCUT2D eigenvalue weighted by atomic mass is 32.2. The highest BCUT2D eigenvalue weighted by molar-refractivity contribution is 7.90. The Labute approximate surface area is 84.2 Å². The average Bonchev–Trinajstić information content (AvgIpc) is 2.46. The minimum Gasteiger partial charge on any atom is -0.341 e. The van der Waals surface area contributed by atoms with E-state index in [4.69, 9.17) is 5.73 Å². The van der Waals surface area contributed by atoms with Gasteiger partial charge < -0.3 is 10.6 Å². The number of nitrogens with zero attached hydrogens (tertiary/aromatic N) is 1. The van der Waals surface area contributed by atoms with Gasteiger partial charge in [0.1, 0.15) is 9.84 Å². The van der Waals surface area contributed by atoms with Gasteiger partial charge in [-0.2, -0.15) is 0 Å². The predicted octanol–water partition coefficient (Wildman–Crippen LogP) is -1.02. The number of hydrogen-bond donors (Lipinski definition) is 1. The topological polar surface area (TPSA) is 80.5 Å². The number of carbonyl (C=O) groups excluding carboxylic acids is 1. The number of hydrogen-bond acceptors (Lipinski definition) is 4. The second-order valence-electron chi connectivity index (χ2n) is 3.77. The first-order valence-corrected chi connectivity index (χ1v) is 6.65. The van der Waals surface area contributed by atoms with Crippen molar-refractivity contribution in [2.75, 3.05) is 25.1 Å². The zero-order chi connectivity index (χ0) is 10.8. The summed E-state index contributed by atoms with van der Waals surface area (Å²) in [4.78, 5) is 13.1. The molecule has 0 aromatic heterocycles. The molecular weight excluding hydrogens is 204 g/mol. The van der Waals surface area contributed by atoms with Gasteiger partial charge in [0, 0.05) is 31.8 Å². The van der Waals surface area contributed by atoms with Crippen LogP contribution < -0.4 is 5.73 Å². The summed E-state index contributed by atoms with van der Waals surface area (Å²) in [5.74, 6) is -0.180. The summed E-state index contributed by atoms with van der Waals surface area (Å²) in [5, 5.41) is 0. The molecule has 1 fully saturated rings.